The number of carbonyl (C=O) groups excluding carboxylic acids is 1. The van der Waals surface area contributed by atoms with Gasteiger partial charge < -0.3 is 23.6 Å². The van der Waals surface area contributed by atoms with Crippen LogP contribution in [0.15, 0.2) is 40.9 Å². The molecule has 1 aromatic heterocycles. The van der Waals surface area contributed by atoms with Gasteiger partial charge in [-0.05, 0) is 30.3 Å². The maximum absolute atomic E-state index is 12.6. The third kappa shape index (κ3) is 3.54. The number of aromatic nitrogens is 2. The number of amides is 1. The number of nitrogens with zero attached hydrogens (tertiary/aromatic N) is 3. The van der Waals surface area contributed by atoms with Crippen LogP contribution in [0.4, 0.5) is 5.69 Å². The Morgan fingerprint density at radius 2 is 1.90 bits per heavy atom. The Kier molecular flexibility index (Phi) is 5.50. The monoisotopic (exact) mass is 429 g/mol. The molecule has 1 aliphatic heterocycles. The van der Waals surface area contributed by atoms with Crippen molar-refractivity contribution in [3.63, 3.8) is 0 Å². The van der Waals surface area contributed by atoms with E-state index in [0.29, 0.717) is 51.8 Å². The minimum absolute atomic E-state index is 0.0417. The molecule has 0 spiro atoms. The molecule has 1 unspecified atom stereocenters. The molecule has 4 rings (SSSR count). The number of carbonyl (C=O) groups is 1. The van der Waals surface area contributed by atoms with Gasteiger partial charge in [0.25, 0.3) is 0 Å². The van der Waals surface area contributed by atoms with E-state index < -0.39 is 0 Å². The highest BCUT2D eigenvalue weighted by molar-refractivity contribution is 6.32. The molecule has 30 heavy (non-hydrogen) atoms. The predicted molar refractivity (Wildman–Crippen MR) is 111 cm³/mol. The van der Waals surface area contributed by atoms with Crippen LogP contribution < -0.4 is 19.1 Å². The Morgan fingerprint density at radius 1 is 1.10 bits per heavy atom. The summed E-state index contributed by atoms with van der Waals surface area (Å²) in [5, 5.41) is 4.53. The van der Waals surface area contributed by atoms with Crippen molar-refractivity contribution in [1.82, 2.24) is 10.1 Å². The Bertz CT molecular complexity index is 1080. The summed E-state index contributed by atoms with van der Waals surface area (Å²) in [5.74, 6) is 2.14. The number of anilines is 1. The first-order valence-corrected chi connectivity index (χ1v) is 9.62. The Hall–Kier alpha value is -3.26. The van der Waals surface area contributed by atoms with Crippen molar-refractivity contribution in [2.45, 2.75) is 12.3 Å². The van der Waals surface area contributed by atoms with Gasteiger partial charge in [-0.15, -0.1) is 0 Å². The van der Waals surface area contributed by atoms with Gasteiger partial charge in [-0.1, -0.05) is 22.8 Å². The smallest absolute Gasteiger partial charge is 0.232 e. The summed E-state index contributed by atoms with van der Waals surface area (Å²) in [7, 11) is 4.66. The standard InChI is InChI=1S/C21H20ClN3O5/c1-27-16-8-7-13(10-15(16)22)25-11-12(9-18(25)26)21-23-20(24-30-21)14-5-4-6-17(28-2)19(14)29-3/h4-8,10,12H,9,11H2,1-3H3. The van der Waals surface area contributed by atoms with E-state index in [2.05, 4.69) is 10.1 Å². The molecule has 3 aromatic rings. The fourth-order valence-corrected chi connectivity index (χ4v) is 3.77. The lowest BCUT2D eigenvalue weighted by Gasteiger charge is -2.17. The normalized spacial score (nSPS) is 16.1. The lowest BCUT2D eigenvalue weighted by atomic mass is 10.1. The van der Waals surface area contributed by atoms with Gasteiger partial charge in [0.1, 0.15) is 5.75 Å². The summed E-state index contributed by atoms with van der Waals surface area (Å²) < 4.78 is 21.4. The van der Waals surface area contributed by atoms with Gasteiger partial charge in [0.2, 0.25) is 17.6 Å². The SMILES string of the molecule is COc1ccc(N2CC(c3nc(-c4cccc(OC)c4OC)no3)CC2=O)cc1Cl. The van der Waals surface area contributed by atoms with Crippen LogP contribution in [0.5, 0.6) is 17.2 Å². The second-order valence-electron chi connectivity index (χ2n) is 6.72. The van der Waals surface area contributed by atoms with Crippen molar-refractivity contribution in [3.8, 4) is 28.6 Å². The van der Waals surface area contributed by atoms with Crippen LogP contribution in [0.3, 0.4) is 0 Å². The average Bonchev–Trinajstić information content (AvgIpc) is 3.40. The largest absolute Gasteiger partial charge is 0.495 e. The van der Waals surface area contributed by atoms with E-state index in [9.17, 15) is 4.79 Å². The zero-order valence-electron chi connectivity index (χ0n) is 16.7. The summed E-state index contributed by atoms with van der Waals surface area (Å²) in [6.45, 7) is 0.415. The first-order chi connectivity index (χ1) is 14.5. The van der Waals surface area contributed by atoms with Crippen molar-refractivity contribution < 1.29 is 23.5 Å². The molecule has 1 fully saturated rings. The van der Waals surface area contributed by atoms with Crippen molar-refractivity contribution >= 4 is 23.2 Å². The topological polar surface area (TPSA) is 86.9 Å². The van der Waals surface area contributed by atoms with Crippen LogP contribution in [0, 0.1) is 0 Å². The van der Waals surface area contributed by atoms with E-state index in [1.807, 2.05) is 12.1 Å². The van der Waals surface area contributed by atoms with Gasteiger partial charge >= 0.3 is 0 Å². The molecule has 1 atom stereocenters. The number of hydrogen-bond acceptors (Lipinski definition) is 7. The quantitative estimate of drug-likeness (QED) is 0.586. The number of hydrogen-bond donors (Lipinski definition) is 0. The summed E-state index contributed by atoms with van der Waals surface area (Å²) in [5.41, 5.74) is 1.34. The lowest BCUT2D eigenvalue weighted by Crippen LogP contribution is -2.24. The van der Waals surface area contributed by atoms with Crippen LogP contribution in [-0.4, -0.2) is 43.9 Å². The Morgan fingerprint density at radius 3 is 2.60 bits per heavy atom. The summed E-state index contributed by atoms with van der Waals surface area (Å²) >= 11 is 6.21. The van der Waals surface area contributed by atoms with E-state index in [1.165, 1.54) is 0 Å². The fourth-order valence-electron chi connectivity index (χ4n) is 3.52. The molecule has 0 N–H and O–H groups in total. The molecule has 8 nitrogen and oxygen atoms in total. The summed E-state index contributed by atoms with van der Waals surface area (Å²) in [4.78, 5) is 18.8. The zero-order valence-corrected chi connectivity index (χ0v) is 17.5. The van der Waals surface area contributed by atoms with Crippen molar-refractivity contribution in [2.75, 3.05) is 32.8 Å². The van der Waals surface area contributed by atoms with Crippen LogP contribution >= 0.6 is 11.6 Å². The number of rotatable bonds is 6. The van der Waals surface area contributed by atoms with Gasteiger partial charge in [-0.2, -0.15) is 4.98 Å². The molecule has 0 aliphatic carbocycles. The molecular weight excluding hydrogens is 410 g/mol. The van der Waals surface area contributed by atoms with E-state index in [1.54, 1.807) is 50.5 Å². The second-order valence-corrected chi connectivity index (χ2v) is 7.13. The number of halogens is 1. The minimum Gasteiger partial charge on any atom is -0.495 e. The maximum Gasteiger partial charge on any atom is 0.232 e. The van der Waals surface area contributed by atoms with E-state index in [0.717, 1.165) is 0 Å². The number of methoxy groups -OCH3 is 3. The van der Waals surface area contributed by atoms with Gasteiger partial charge in [0, 0.05) is 18.7 Å². The van der Waals surface area contributed by atoms with Crippen LogP contribution in [0.2, 0.25) is 5.02 Å². The molecule has 1 saturated heterocycles. The molecule has 2 aromatic carbocycles. The molecular formula is C21H20ClN3O5. The molecule has 156 valence electrons. The Balaban J connectivity index is 1.58. The van der Waals surface area contributed by atoms with E-state index >= 15 is 0 Å². The highest BCUT2D eigenvalue weighted by Gasteiger charge is 2.35. The third-order valence-electron chi connectivity index (χ3n) is 5.01. The third-order valence-corrected chi connectivity index (χ3v) is 5.30. The molecule has 0 radical (unpaired) electrons. The molecule has 1 amide bonds. The van der Waals surface area contributed by atoms with Crippen molar-refractivity contribution in [1.29, 1.82) is 0 Å². The highest BCUT2D eigenvalue weighted by Crippen LogP contribution is 2.38. The Labute approximate surface area is 178 Å². The number of benzene rings is 2. The van der Waals surface area contributed by atoms with Crippen LogP contribution in [-0.2, 0) is 4.79 Å². The zero-order chi connectivity index (χ0) is 21.3. The van der Waals surface area contributed by atoms with Crippen molar-refractivity contribution in [2.24, 2.45) is 0 Å². The van der Waals surface area contributed by atoms with Gasteiger partial charge in [-0.3, -0.25) is 4.79 Å². The van der Waals surface area contributed by atoms with Gasteiger partial charge in [0.15, 0.2) is 11.5 Å². The minimum atomic E-state index is -0.226. The highest BCUT2D eigenvalue weighted by atomic mass is 35.5. The van der Waals surface area contributed by atoms with Gasteiger partial charge in [-0.25, -0.2) is 0 Å². The van der Waals surface area contributed by atoms with Crippen LogP contribution in [0.1, 0.15) is 18.2 Å². The van der Waals surface area contributed by atoms with E-state index in [4.69, 9.17) is 30.3 Å². The molecule has 0 bridgehead atoms. The average molecular weight is 430 g/mol. The van der Waals surface area contributed by atoms with Crippen LogP contribution in [0.25, 0.3) is 11.4 Å². The second kappa shape index (κ2) is 8.23. The first kappa shape index (κ1) is 20.0. The molecule has 2 heterocycles. The maximum atomic E-state index is 12.6. The fraction of sp³-hybridized carbons (Fsp3) is 0.286. The van der Waals surface area contributed by atoms with Gasteiger partial charge in [0.05, 0.1) is 37.8 Å². The van der Waals surface area contributed by atoms with E-state index in [-0.39, 0.29) is 18.2 Å². The molecule has 9 heteroatoms. The summed E-state index contributed by atoms with van der Waals surface area (Å²) in [6, 6.07) is 10.7. The van der Waals surface area contributed by atoms with Crippen molar-refractivity contribution in [3.05, 3.63) is 47.3 Å². The first-order valence-electron chi connectivity index (χ1n) is 9.24. The lowest BCUT2D eigenvalue weighted by molar-refractivity contribution is -0.117. The molecule has 0 saturated carbocycles. The predicted octanol–water partition coefficient (Wildman–Crippen LogP) is 3.94. The number of ether oxygens (including phenoxy) is 3. The molecule has 1 aliphatic rings. The summed E-state index contributed by atoms with van der Waals surface area (Å²) in [6.07, 6.45) is 0.264. The number of para-hydroxylation sites is 1.